The summed E-state index contributed by atoms with van der Waals surface area (Å²) < 4.78 is 83.4. The Balaban J connectivity index is 0.957. The van der Waals surface area contributed by atoms with Crippen molar-refractivity contribution in [3.63, 3.8) is 0 Å². The molecule has 1 aromatic heterocycles. The summed E-state index contributed by atoms with van der Waals surface area (Å²) in [5.41, 5.74) is -1.51. The first-order chi connectivity index (χ1) is 21.9. The zero-order chi connectivity index (χ0) is 32.7. The molecule has 16 heteroatoms. The number of aliphatic hydroxyl groups is 1. The second kappa shape index (κ2) is 12.6. The molecule has 2 aromatic carbocycles. The van der Waals surface area contributed by atoms with Crippen LogP contribution in [0.3, 0.4) is 0 Å². The first kappa shape index (κ1) is 32.4. The molecule has 248 valence electrons. The van der Waals surface area contributed by atoms with Gasteiger partial charge in [-0.05, 0) is 62.4 Å². The number of aliphatic hydroxyl groups excluding tert-OH is 1. The second-order valence-electron chi connectivity index (χ2n) is 11.9. The van der Waals surface area contributed by atoms with Gasteiger partial charge >= 0.3 is 6.09 Å². The number of hydrogen-bond acceptors (Lipinski definition) is 10. The maximum Gasteiger partial charge on any atom is 0.407 e. The van der Waals surface area contributed by atoms with E-state index in [1.54, 1.807) is 12.1 Å². The van der Waals surface area contributed by atoms with Gasteiger partial charge < -0.3 is 29.6 Å². The number of alkyl carbamates (subject to hydrolysis) is 1. The summed E-state index contributed by atoms with van der Waals surface area (Å²) in [5, 5.41) is 12.5. The molecule has 3 N–H and O–H groups in total. The smallest absolute Gasteiger partial charge is 0.407 e. The number of pyridine rings is 1. The summed E-state index contributed by atoms with van der Waals surface area (Å²) >= 11 is 0. The fourth-order valence-corrected chi connectivity index (χ4v) is 9.06. The molecule has 6 rings (SSSR count). The number of aromatic nitrogens is 1. The highest BCUT2D eigenvalue weighted by Gasteiger charge is 2.45. The lowest BCUT2D eigenvalue weighted by Crippen LogP contribution is -2.47. The molecule has 3 fully saturated rings. The Bertz CT molecular complexity index is 1910. The van der Waals surface area contributed by atoms with Crippen molar-refractivity contribution in [3.8, 4) is 5.75 Å². The Hall–Kier alpha value is -3.57. The number of aromatic amines is 1. The summed E-state index contributed by atoms with van der Waals surface area (Å²) in [6.45, 7) is -0.234. The third-order valence-corrected chi connectivity index (χ3v) is 12.7. The molecule has 0 unspecified atom stereocenters. The maximum absolute atomic E-state index is 14.0. The van der Waals surface area contributed by atoms with E-state index in [0.29, 0.717) is 32.1 Å². The topological polar surface area (TPSA) is 181 Å². The average Bonchev–Trinajstić information content (AvgIpc) is 3.83. The third kappa shape index (κ3) is 6.62. The molecule has 3 aliphatic rings. The maximum atomic E-state index is 14.0. The van der Waals surface area contributed by atoms with Crippen molar-refractivity contribution in [2.75, 3.05) is 32.9 Å². The Morgan fingerprint density at radius 1 is 1.13 bits per heavy atom. The van der Waals surface area contributed by atoms with Gasteiger partial charge in [0.2, 0.25) is 15.5 Å². The van der Waals surface area contributed by atoms with E-state index >= 15 is 0 Å². The van der Waals surface area contributed by atoms with Gasteiger partial charge in [-0.3, -0.25) is 4.79 Å². The van der Waals surface area contributed by atoms with Gasteiger partial charge in [0.15, 0.2) is 9.84 Å². The van der Waals surface area contributed by atoms with Gasteiger partial charge in [-0.25, -0.2) is 26.0 Å². The molecule has 2 atom stereocenters. The van der Waals surface area contributed by atoms with E-state index in [0.717, 1.165) is 6.20 Å². The Labute approximate surface area is 264 Å². The van der Waals surface area contributed by atoms with Gasteiger partial charge in [0.25, 0.3) is 0 Å². The number of piperidine rings is 1. The number of carbonyl (C=O) groups is 1. The quantitative estimate of drug-likeness (QED) is 0.287. The number of halogens is 1. The summed E-state index contributed by atoms with van der Waals surface area (Å²) in [5.74, 6) is -0.382. The number of nitrogens with zero attached hydrogens (tertiary/aromatic N) is 1. The molecule has 46 heavy (non-hydrogen) atoms. The van der Waals surface area contributed by atoms with E-state index in [1.165, 1.54) is 34.6 Å². The van der Waals surface area contributed by atoms with Gasteiger partial charge in [-0.15, -0.1) is 0 Å². The van der Waals surface area contributed by atoms with Crippen LogP contribution in [-0.4, -0.2) is 93.2 Å². The van der Waals surface area contributed by atoms with Crippen LogP contribution in [0.1, 0.15) is 32.1 Å². The molecule has 1 spiro atoms. The number of sulfonamides is 1. The highest BCUT2D eigenvalue weighted by atomic mass is 32.2. The predicted molar refractivity (Wildman–Crippen MR) is 162 cm³/mol. The molecular weight excluding hydrogens is 645 g/mol. The number of carbonyl (C=O) groups excluding carboxylic acids is 1. The van der Waals surface area contributed by atoms with Crippen molar-refractivity contribution in [2.45, 2.75) is 64.9 Å². The van der Waals surface area contributed by atoms with Crippen LogP contribution < -0.4 is 15.5 Å². The Morgan fingerprint density at radius 2 is 1.87 bits per heavy atom. The molecule has 2 saturated heterocycles. The van der Waals surface area contributed by atoms with Crippen LogP contribution in [0.25, 0.3) is 10.9 Å². The van der Waals surface area contributed by atoms with Gasteiger partial charge in [0.1, 0.15) is 35.8 Å². The normalized spacial score (nSPS) is 20.9. The fourth-order valence-electron chi connectivity index (χ4n) is 5.88. The first-order valence-electron chi connectivity index (χ1n) is 14.9. The number of hydrogen-bond donors (Lipinski definition) is 3. The van der Waals surface area contributed by atoms with E-state index < -0.39 is 59.8 Å². The minimum atomic E-state index is -4.16. The fraction of sp³-hybridized carbons (Fsp3) is 0.467. The molecule has 0 radical (unpaired) electrons. The lowest BCUT2D eigenvalue weighted by molar-refractivity contribution is -0.0312. The number of para-hydroxylation sites is 1. The number of benzene rings is 2. The molecule has 13 nitrogen and oxygen atoms in total. The molecule has 3 aromatic rings. The van der Waals surface area contributed by atoms with E-state index in [2.05, 4.69) is 10.3 Å². The predicted octanol–water partition coefficient (Wildman–Crippen LogP) is 2.08. The molecule has 1 amide bonds. The summed E-state index contributed by atoms with van der Waals surface area (Å²) in [4.78, 5) is 27.6. The summed E-state index contributed by atoms with van der Waals surface area (Å²) in [6, 6.07) is 9.54. The average molecular weight is 680 g/mol. The van der Waals surface area contributed by atoms with Crippen molar-refractivity contribution in [2.24, 2.45) is 0 Å². The van der Waals surface area contributed by atoms with Gasteiger partial charge in [0.05, 0.1) is 33.9 Å². The first-order valence-corrected chi connectivity index (χ1v) is 17.9. The number of H-pyrrole nitrogens is 1. The largest absolute Gasteiger partial charge is 0.491 e. The van der Waals surface area contributed by atoms with E-state index in [4.69, 9.17) is 14.2 Å². The molecule has 3 heterocycles. The van der Waals surface area contributed by atoms with Crippen molar-refractivity contribution in [3.05, 3.63) is 64.7 Å². The Morgan fingerprint density at radius 3 is 2.61 bits per heavy atom. The van der Waals surface area contributed by atoms with Gasteiger partial charge in [0, 0.05) is 24.7 Å². The lowest BCUT2D eigenvalue weighted by atomic mass is 9.88. The van der Waals surface area contributed by atoms with Crippen LogP contribution in [0, 0.1) is 5.82 Å². The molecule has 1 saturated carbocycles. The third-order valence-electron chi connectivity index (χ3n) is 8.56. The van der Waals surface area contributed by atoms with Crippen LogP contribution in [0.5, 0.6) is 5.75 Å². The van der Waals surface area contributed by atoms with Gasteiger partial charge in [-0.2, -0.15) is 4.31 Å². The van der Waals surface area contributed by atoms with Crippen LogP contribution in [0.15, 0.2) is 63.2 Å². The number of amides is 1. The van der Waals surface area contributed by atoms with Crippen LogP contribution in [0.2, 0.25) is 0 Å². The van der Waals surface area contributed by atoms with Crippen LogP contribution in [-0.2, 0) is 29.3 Å². The second-order valence-corrected chi connectivity index (χ2v) is 16.0. The van der Waals surface area contributed by atoms with E-state index in [1.807, 2.05) is 0 Å². The van der Waals surface area contributed by atoms with Crippen molar-refractivity contribution >= 4 is 36.9 Å². The Kier molecular flexibility index (Phi) is 8.84. The number of nitrogens with one attached hydrogen (secondary N) is 2. The van der Waals surface area contributed by atoms with Crippen LogP contribution >= 0.6 is 0 Å². The van der Waals surface area contributed by atoms with Crippen molar-refractivity contribution in [1.29, 1.82) is 0 Å². The minimum Gasteiger partial charge on any atom is -0.491 e. The minimum absolute atomic E-state index is 0.0546. The van der Waals surface area contributed by atoms with E-state index in [-0.39, 0.29) is 59.7 Å². The highest BCUT2D eigenvalue weighted by Crippen LogP contribution is 2.37. The number of sulfone groups is 1. The number of rotatable bonds is 10. The number of fused-ring (bicyclic) bond motifs is 1. The molecular formula is C30H34FN3O10S2. The zero-order valence-corrected chi connectivity index (χ0v) is 26.3. The van der Waals surface area contributed by atoms with Crippen molar-refractivity contribution in [1.82, 2.24) is 14.6 Å². The highest BCUT2D eigenvalue weighted by molar-refractivity contribution is 7.92. The van der Waals surface area contributed by atoms with E-state index in [9.17, 15) is 35.9 Å². The molecule has 2 aliphatic heterocycles. The summed E-state index contributed by atoms with van der Waals surface area (Å²) in [7, 11) is -7.55. The molecule has 0 bridgehead atoms. The van der Waals surface area contributed by atoms with Gasteiger partial charge in [-0.1, -0.05) is 12.1 Å². The van der Waals surface area contributed by atoms with Crippen LogP contribution in [0.4, 0.5) is 9.18 Å². The lowest BCUT2D eigenvalue weighted by Gasteiger charge is -2.37. The number of ether oxygens (including phenoxy) is 3. The molecule has 1 aliphatic carbocycles. The standard InChI is InChI=1S/C30H34FN3O10S2/c31-25-6-2-5-24-27(25)32-15-26(28(24)36)46(40,41)34-11-9-30(10-12-34)14-19(16-44-30)33-29(37)43-18-20(35)17-42-21-3-1-4-23(13-21)45(38,39)22-7-8-22/h1-6,13,15,19-20,22,35H,7-12,14,16-18H2,(H,32,36)(H,33,37)/t19-,20+/m1/s1. The zero-order valence-electron chi connectivity index (χ0n) is 24.7. The SMILES string of the molecule is O=C(N[C@H]1COC2(CCN(S(=O)(=O)c3c[nH]c4c(F)cccc4c3=O)CC2)C1)OC[C@@H](O)COc1cccc(S(=O)(=O)C2CC2)c1. The summed E-state index contributed by atoms with van der Waals surface area (Å²) in [6.07, 6.45) is 1.45. The van der Waals surface area contributed by atoms with Crippen molar-refractivity contribution < 1.29 is 45.3 Å². The monoisotopic (exact) mass is 679 g/mol.